The van der Waals surface area contributed by atoms with Gasteiger partial charge >= 0.3 is 0 Å². The van der Waals surface area contributed by atoms with Gasteiger partial charge in [-0.25, -0.2) is 0 Å². The standard InChI is InChI=1S/C13H10O.C11H8O.C4H8O/c14-10-11-7-8-12-5-3-1-2-4-6-13(12)9-11;12-8-9-5-6-10-3-1-2-4-11(10)7-9;1-2-3-4-5/h1-10H;1-8H;4H,2-3H2,1H3/b2-1-,3-1?,4-2?,5-3-,6-4-,12-5?,13-6?;;. The predicted molar refractivity (Wildman–Crippen MR) is 129 cm³/mol. The number of hydrogen-bond donors (Lipinski definition) is 0. The quantitative estimate of drug-likeness (QED) is 0.448. The molecule has 156 valence electrons. The Morgan fingerprint density at radius 3 is 1.87 bits per heavy atom. The first kappa shape index (κ1) is 23.4. The van der Waals surface area contributed by atoms with Crippen LogP contribution in [0.2, 0.25) is 0 Å². The molecule has 1 aliphatic carbocycles. The average Bonchev–Trinajstić information content (AvgIpc) is 2.80. The number of fused-ring (bicyclic) bond motifs is 2. The van der Waals surface area contributed by atoms with Crippen molar-refractivity contribution in [3.8, 4) is 0 Å². The summed E-state index contributed by atoms with van der Waals surface area (Å²) in [5.74, 6) is 0. The van der Waals surface area contributed by atoms with Crippen LogP contribution in [-0.4, -0.2) is 18.9 Å². The molecule has 0 aromatic heterocycles. The van der Waals surface area contributed by atoms with Crippen molar-refractivity contribution in [2.45, 2.75) is 19.8 Å². The predicted octanol–water partition coefficient (Wildman–Crippen LogP) is 6.73. The molecule has 0 saturated carbocycles. The molecular weight excluding hydrogens is 384 g/mol. The molecule has 0 N–H and O–H groups in total. The van der Waals surface area contributed by atoms with Gasteiger partial charge in [0.15, 0.2) is 0 Å². The highest BCUT2D eigenvalue weighted by Crippen LogP contribution is 2.16. The lowest BCUT2D eigenvalue weighted by atomic mass is 10.0. The van der Waals surface area contributed by atoms with Crippen LogP contribution in [0.1, 0.15) is 51.6 Å². The zero-order chi connectivity index (χ0) is 22.3. The van der Waals surface area contributed by atoms with E-state index < -0.39 is 0 Å². The normalized spacial score (nSPS) is 14.1. The summed E-state index contributed by atoms with van der Waals surface area (Å²) in [7, 11) is 0. The van der Waals surface area contributed by atoms with Gasteiger partial charge in [0.25, 0.3) is 0 Å². The zero-order valence-corrected chi connectivity index (χ0v) is 17.6. The second-order valence-electron chi connectivity index (χ2n) is 6.79. The van der Waals surface area contributed by atoms with Crippen molar-refractivity contribution in [2.24, 2.45) is 0 Å². The molecule has 3 aromatic rings. The third-order valence-corrected chi connectivity index (χ3v) is 4.45. The van der Waals surface area contributed by atoms with Crippen molar-refractivity contribution < 1.29 is 14.4 Å². The Morgan fingerprint density at radius 2 is 1.26 bits per heavy atom. The van der Waals surface area contributed by atoms with Crippen LogP contribution in [0.15, 0.2) is 85.0 Å². The molecule has 4 rings (SSSR count). The van der Waals surface area contributed by atoms with Crippen LogP contribution in [-0.2, 0) is 4.79 Å². The lowest BCUT2D eigenvalue weighted by Gasteiger charge is -2.02. The lowest BCUT2D eigenvalue weighted by Crippen LogP contribution is -1.86. The molecule has 0 aliphatic heterocycles. The van der Waals surface area contributed by atoms with Crippen molar-refractivity contribution in [3.05, 3.63) is 107 Å². The van der Waals surface area contributed by atoms with Crippen molar-refractivity contribution in [2.75, 3.05) is 0 Å². The van der Waals surface area contributed by atoms with Gasteiger partial charge in [-0.15, -0.1) is 0 Å². The molecule has 3 heteroatoms. The number of carbonyl (C=O) groups excluding carboxylic acids is 3. The van der Waals surface area contributed by atoms with E-state index in [2.05, 4.69) is 0 Å². The SMILES string of the molecule is CCCC=O.O=Cc1ccc2c(c1)\C=C/C=C\C=C/2.O=Cc1ccc2ccccc2c1. The van der Waals surface area contributed by atoms with E-state index in [1.807, 2.05) is 104 Å². The number of unbranched alkanes of at least 4 members (excludes halogenated alkanes) is 1. The van der Waals surface area contributed by atoms with E-state index >= 15 is 0 Å². The van der Waals surface area contributed by atoms with Crippen LogP contribution in [0.4, 0.5) is 0 Å². The molecule has 0 fully saturated rings. The van der Waals surface area contributed by atoms with Crippen molar-refractivity contribution >= 4 is 41.8 Å². The number of rotatable bonds is 4. The van der Waals surface area contributed by atoms with Crippen LogP contribution >= 0.6 is 0 Å². The van der Waals surface area contributed by atoms with Crippen LogP contribution in [0.5, 0.6) is 0 Å². The van der Waals surface area contributed by atoms with Crippen LogP contribution < -0.4 is 0 Å². The molecule has 0 unspecified atom stereocenters. The van der Waals surface area contributed by atoms with E-state index in [9.17, 15) is 14.4 Å². The summed E-state index contributed by atoms with van der Waals surface area (Å²) in [6.45, 7) is 1.98. The van der Waals surface area contributed by atoms with E-state index in [0.717, 1.165) is 47.4 Å². The summed E-state index contributed by atoms with van der Waals surface area (Å²) in [5, 5.41) is 2.28. The summed E-state index contributed by atoms with van der Waals surface area (Å²) in [5.41, 5.74) is 3.66. The Morgan fingerprint density at radius 1 is 0.645 bits per heavy atom. The maximum absolute atomic E-state index is 10.6. The summed E-state index contributed by atoms with van der Waals surface area (Å²) in [6.07, 6.45) is 16.3. The number of hydrogen-bond acceptors (Lipinski definition) is 3. The number of allylic oxidation sites excluding steroid dienone is 4. The molecule has 0 heterocycles. The second-order valence-corrected chi connectivity index (χ2v) is 6.79. The topological polar surface area (TPSA) is 51.2 Å². The first-order valence-corrected chi connectivity index (χ1v) is 10.2. The highest BCUT2D eigenvalue weighted by molar-refractivity contribution is 5.88. The second kappa shape index (κ2) is 13.4. The monoisotopic (exact) mass is 410 g/mol. The van der Waals surface area contributed by atoms with Crippen LogP contribution in [0, 0.1) is 0 Å². The van der Waals surface area contributed by atoms with E-state index in [1.54, 1.807) is 0 Å². The molecule has 3 nitrogen and oxygen atoms in total. The highest BCUT2D eigenvalue weighted by Gasteiger charge is 1.98. The van der Waals surface area contributed by atoms with E-state index in [0.29, 0.717) is 12.0 Å². The third-order valence-electron chi connectivity index (χ3n) is 4.45. The van der Waals surface area contributed by atoms with E-state index in [4.69, 9.17) is 0 Å². The molecule has 0 saturated heterocycles. The van der Waals surface area contributed by atoms with Gasteiger partial charge in [-0.2, -0.15) is 0 Å². The Kier molecular flexibility index (Phi) is 10.1. The fourth-order valence-electron chi connectivity index (χ4n) is 2.81. The van der Waals surface area contributed by atoms with Gasteiger partial charge < -0.3 is 4.79 Å². The van der Waals surface area contributed by atoms with E-state index in [-0.39, 0.29) is 0 Å². The van der Waals surface area contributed by atoms with Gasteiger partial charge in [0, 0.05) is 17.5 Å². The van der Waals surface area contributed by atoms with Gasteiger partial charge in [0.2, 0.25) is 0 Å². The van der Waals surface area contributed by atoms with Gasteiger partial charge in [0.05, 0.1) is 0 Å². The van der Waals surface area contributed by atoms with Crippen molar-refractivity contribution in [1.82, 2.24) is 0 Å². The smallest absolute Gasteiger partial charge is 0.150 e. The Hall–Kier alpha value is -3.85. The first-order valence-electron chi connectivity index (χ1n) is 10.2. The fraction of sp³-hybridized carbons (Fsp3) is 0.107. The largest absolute Gasteiger partial charge is 0.303 e. The van der Waals surface area contributed by atoms with Crippen LogP contribution in [0.3, 0.4) is 0 Å². The lowest BCUT2D eigenvalue weighted by molar-refractivity contribution is -0.107. The molecule has 31 heavy (non-hydrogen) atoms. The average molecular weight is 411 g/mol. The zero-order valence-electron chi connectivity index (χ0n) is 17.6. The number of aldehydes is 3. The summed E-state index contributed by atoms with van der Waals surface area (Å²) in [4.78, 5) is 30.4. The van der Waals surface area contributed by atoms with Crippen LogP contribution in [0.25, 0.3) is 22.9 Å². The first-order chi connectivity index (χ1) is 15.2. The molecule has 3 aromatic carbocycles. The molecule has 1 aliphatic rings. The fourth-order valence-corrected chi connectivity index (χ4v) is 2.81. The minimum atomic E-state index is 0.708. The molecule has 0 atom stereocenters. The van der Waals surface area contributed by atoms with Crippen molar-refractivity contribution in [1.29, 1.82) is 0 Å². The third kappa shape index (κ3) is 7.82. The van der Waals surface area contributed by atoms with Gasteiger partial charge in [-0.05, 0) is 40.5 Å². The minimum Gasteiger partial charge on any atom is -0.303 e. The van der Waals surface area contributed by atoms with Gasteiger partial charge in [-0.3, -0.25) is 9.59 Å². The Labute approximate surface area is 183 Å². The minimum absolute atomic E-state index is 0.708. The Bertz CT molecular complexity index is 1100. The maximum atomic E-state index is 10.6. The summed E-state index contributed by atoms with van der Waals surface area (Å²) < 4.78 is 0. The summed E-state index contributed by atoms with van der Waals surface area (Å²) in [6, 6.07) is 19.3. The molecule has 0 amide bonds. The maximum Gasteiger partial charge on any atom is 0.150 e. The number of benzene rings is 3. The van der Waals surface area contributed by atoms with E-state index in [1.165, 1.54) is 5.39 Å². The Balaban J connectivity index is 0.000000184. The van der Waals surface area contributed by atoms with Crippen molar-refractivity contribution in [3.63, 3.8) is 0 Å². The molecule has 0 spiro atoms. The number of carbonyl (C=O) groups is 3. The van der Waals surface area contributed by atoms with Gasteiger partial charge in [-0.1, -0.05) is 91.9 Å². The highest BCUT2D eigenvalue weighted by atomic mass is 16.1. The summed E-state index contributed by atoms with van der Waals surface area (Å²) >= 11 is 0. The molecule has 0 bridgehead atoms. The molecular formula is C28H26O3. The van der Waals surface area contributed by atoms with Gasteiger partial charge in [0.1, 0.15) is 18.9 Å². The molecule has 0 radical (unpaired) electrons.